The topological polar surface area (TPSA) is 74.8 Å². The maximum absolute atomic E-state index is 12.6. The lowest BCUT2D eigenvalue weighted by atomic mass is 10.1. The van der Waals surface area contributed by atoms with Gasteiger partial charge in [-0.2, -0.15) is 4.31 Å². The molecule has 0 saturated carbocycles. The summed E-state index contributed by atoms with van der Waals surface area (Å²) in [7, 11) is -3.54. The van der Waals surface area contributed by atoms with Gasteiger partial charge in [0.1, 0.15) is 0 Å². The molecule has 1 fully saturated rings. The summed E-state index contributed by atoms with van der Waals surface area (Å²) in [4.78, 5) is 26.8. The van der Waals surface area contributed by atoms with Crippen LogP contribution in [0.15, 0.2) is 47.4 Å². The van der Waals surface area contributed by atoms with Crippen LogP contribution >= 0.6 is 22.9 Å². The molecule has 1 amide bonds. The first-order chi connectivity index (χ1) is 12.9. The van der Waals surface area contributed by atoms with Gasteiger partial charge in [-0.15, -0.1) is 11.3 Å². The fraction of sp³-hybridized carbons (Fsp3) is 0.333. The smallest absolute Gasteiger partial charge is 0.243 e. The third-order valence-electron chi connectivity index (χ3n) is 4.39. The number of hydrogen-bond acceptors (Lipinski definition) is 5. The van der Waals surface area contributed by atoms with E-state index in [-0.39, 0.29) is 42.5 Å². The minimum atomic E-state index is -3.54. The Morgan fingerprint density at radius 3 is 2.22 bits per heavy atom. The van der Waals surface area contributed by atoms with Crippen LogP contribution in [0.25, 0.3) is 0 Å². The number of piperazine rings is 1. The molecule has 2 aromatic rings. The van der Waals surface area contributed by atoms with E-state index in [1.807, 2.05) is 0 Å². The van der Waals surface area contributed by atoms with Crippen molar-refractivity contribution in [3.63, 3.8) is 0 Å². The van der Waals surface area contributed by atoms with Crippen molar-refractivity contribution in [3.8, 4) is 0 Å². The number of carbonyl (C=O) groups excluding carboxylic acids is 2. The van der Waals surface area contributed by atoms with Crippen LogP contribution < -0.4 is 0 Å². The monoisotopic (exact) mass is 426 g/mol. The second-order valence-corrected chi connectivity index (χ2v) is 9.78. The molecule has 0 radical (unpaired) electrons. The molecule has 1 aromatic carbocycles. The van der Waals surface area contributed by atoms with Crippen molar-refractivity contribution in [3.05, 3.63) is 51.7 Å². The summed E-state index contributed by atoms with van der Waals surface area (Å²) < 4.78 is 27.1. The second-order valence-electron chi connectivity index (χ2n) is 6.12. The standard InChI is InChI=1S/C18H19ClN2O4S2/c19-17-8-7-16(26-17)15(22)6-9-18(23)20-10-12-21(13-11-20)27(24,25)14-4-2-1-3-5-14/h1-5,7-8H,6,9-13H2. The highest BCUT2D eigenvalue weighted by atomic mass is 35.5. The Balaban J connectivity index is 1.51. The van der Waals surface area contributed by atoms with Crippen LogP contribution in [0, 0.1) is 0 Å². The van der Waals surface area contributed by atoms with E-state index in [0.717, 1.165) is 0 Å². The van der Waals surface area contributed by atoms with Gasteiger partial charge in [0.2, 0.25) is 15.9 Å². The van der Waals surface area contributed by atoms with Gasteiger partial charge in [0.15, 0.2) is 5.78 Å². The zero-order valence-corrected chi connectivity index (χ0v) is 16.9. The van der Waals surface area contributed by atoms with Crippen molar-refractivity contribution in [2.24, 2.45) is 0 Å². The lowest BCUT2D eigenvalue weighted by Gasteiger charge is -2.34. The number of carbonyl (C=O) groups is 2. The van der Waals surface area contributed by atoms with Gasteiger partial charge >= 0.3 is 0 Å². The van der Waals surface area contributed by atoms with E-state index in [0.29, 0.717) is 22.3 Å². The Kier molecular flexibility index (Phi) is 6.31. The number of hydrogen-bond donors (Lipinski definition) is 0. The molecule has 1 aromatic heterocycles. The minimum absolute atomic E-state index is 0.106. The van der Waals surface area contributed by atoms with Gasteiger partial charge in [-0.05, 0) is 24.3 Å². The lowest BCUT2D eigenvalue weighted by molar-refractivity contribution is -0.132. The first-order valence-corrected chi connectivity index (χ1v) is 11.1. The molecule has 0 bridgehead atoms. The molecule has 1 saturated heterocycles. The van der Waals surface area contributed by atoms with Crippen LogP contribution in [0.5, 0.6) is 0 Å². The van der Waals surface area contributed by atoms with Crippen LogP contribution in [0.1, 0.15) is 22.5 Å². The Morgan fingerprint density at radius 2 is 1.63 bits per heavy atom. The number of sulfonamides is 1. The number of thiophene rings is 1. The number of Topliss-reactive ketones (excluding diaryl/α,β-unsaturated/α-hetero) is 1. The van der Waals surface area contributed by atoms with Gasteiger partial charge in [0.25, 0.3) is 0 Å². The normalized spacial score (nSPS) is 15.7. The first kappa shape index (κ1) is 20.0. The van der Waals surface area contributed by atoms with Crippen LogP contribution in [0.3, 0.4) is 0 Å². The Hall–Kier alpha value is -1.74. The summed E-state index contributed by atoms with van der Waals surface area (Å²) in [6, 6.07) is 11.6. The SMILES string of the molecule is O=C(CCC(=O)N1CCN(S(=O)(=O)c2ccccc2)CC1)c1ccc(Cl)s1. The molecule has 1 aliphatic heterocycles. The zero-order valence-electron chi connectivity index (χ0n) is 14.5. The highest BCUT2D eigenvalue weighted by molar-refractivity contribution is 7.89. The molecule has 144 valence electrons. The molecule has 9 heteroatoms. The molecule has 0 N–H and O–H groups in total. The van der Waals surface area contributed by atoms with Crippen molar-refractivity contribution < 1.29 is 18.0 Å². The summed E-state index contributed by atoms with van der Waals surface area (Å²) in [5.41, 5.74) is 0. The summed E-state index contributed by atoms with van der Waals surface area (Å²) in [5.74, 6) is -0.242. The Labute approximate surface area is 167 Å². The van der Waals surface area contributed by atoms with E-state index in [2.05, 4.69) is 0 Å². The quantitative estimate of drug-likeness (QED) is 0.665. The fourth-order valence-electron chi connectivity index (χ4n) is 2.89. The molecule has 27 heavy (non-hydrogen) atoms. The zero-order chi connectivity index (χ0) is 19.4. The number of ketones is 1. The highest BCUT2D eigenvalue weighted by Crippen LogP contribution is 2.23. The average Bonchev–Trinajstić information content (AvgIpc) is 3.13. The molecule has 2 heterocycles. The molecule has 0 unspecified atom stereocenters. The van der Waals surface area contributed by atoms with E-state index in [4.69, 9.17) is 11.6 Å². The fourth-order valence-corrected chi connectivity index (χ4v) is 5.34. The van der Waals surface area contributed by atoms with Gasteiger partial charge in [0.05, 0.1) is 14.1 Å². The third-order valence-corrected chi connectivity index (χ3v) is 7.57. The lowest BCUT2D eigenvalue weighted by Crippen LogP contribution is -2.50. The van der Waals surface area contributed by atoms with Crippen molar-refractivity contribution in [1.29, 1.82) is 0 Å². The molecule has 1 aliphatic rings. The second kappa shape index (κ2) is 8.52. The summed E-state index contributed by atoms with van der Waals surface area (Å²) in [6.45, 7) is 1.14. The predicted octanol–water partition coefficient (Wildman–Crippen LogP) is 2.90. The first-order valence-electron chi connectivity index (χ1n) is 8.49. The average molecular weight is 427 g/mol. The van der Waals surface area contributed by atoms with Crippen molar-refractivity contribution >= 4 is 44.7 Å². The molecule has 0 spiro atoms. The number of benzene rings is 1. The number of rotatable bonds is 6. The van der Waals surface area contributed by atoms with E-state index >= 15 is 0 Å². The third kappa shape index (κ3) is 4.76. The largest absolute Gasteiger partial charge is 0.340 e. The molecular formula is C18H19ClN2O4S2. The van der Waals surface area contributed by atoms with Crippen molar-refractivity contribution in [2.45, 2.75) is 17.7 Å². The molecule has 0 aliphatic carbocycles. The number of halogens is 1. The van der Waals surface area contributed by atoms with E-state index < -0.39 is 10.0 Å². The molecule has 3 rings (SSSR count). The predicted molar refractivity (Wildman–Crippen MR) is 105 cm³/mol. The molecular weight excluding hydrogens is 408 g/mol. The Morgan fingerprint density at radius 1 is 0.963 bits per heavy atom. The molecule has 0 atom stereocenters. The van der Waals surface area contributed by atoms with Crippen LogP contribution in [-0.2, 0) is 14.8 Å². The number of amides is 1. The molecule has 6 nitrogen and oxygen atoms in total. The van der Waals surface area contributed by atoms with Gasteiger partial charge < -0.3 is 4.90 Å². The van der Waals surface area contributed by atoms with Crippen molar-refractivity contribution in [1.82, 2.24) is 9.21 Å². The summed E-state index contributed by atoms with van der Waals surface area (Å²) in [5, 5.41) is 0. The van der Waals surface area contributed by atoms with Crippen LogP contribution in [0.2, 0.25) is 4.34 Å². The van der Waals surface area contributed by atoms with E-state index in [1.54, 1.807) is 47.4 Å². The van der Waals surface area contributed by atoms with Gasteiger partial charge in [-0.3, -0.25) is 9.59 Å². The minimum Gasteiger partial charge on any atom is -0.340 e. The summed E-state index contributed by atoms with van der Waals surface area (Å²) >= 11 is 7.02. The van der Waals surface area contributed by atoms with E-state index in [1.165, 1.54) is 15.6 Å². The van der Waals surface area contributed by atoms with Gasteiger partial charge in [-0.1, -0.05) is 29.8 Å². The van der Waals surface area contributed by atoms with Gasteiger partial charge in [0, 0.05) is 39.0 Å². The number of nitrogens with zero attached hydrogens (tertiary/aromatic N) is 2. The Bertz CT molecular complexity index is 920. The highest BCUT2D eigenvalue weighted by Gasteiger charge is 2.30. The van der Waals surface area contributed by atoms with E-state index in [9.17, 15) is 18.0 Å². The summed E-state index contributed by atoms with van der Waals surface area (Å²) in [6.07, 6.45) is 0.234. The van der Waals surface area contributed by atoms with Crippen LogP contribution in [0.4, 0.5) is 0 Å². The maximum atomic E-state index is 12.6. The van der Waals surface area contributed by atoms with Crippen molar-refractivity contribution in [2.75, 3.05) is 26.2 Å². The van der Waals surface area contributed by atoms with Crippen LogP contribution in [-0.4, -0.2) is 55.5 Å². The maximum Gasteiger partial charge on any atom is 0.243 e. The van der Waals surface area contributed by atoms with Gasteiger partial charge in [-0.25, -0.2) is 8.42 Å².